The molecule has 1 fully saturated rings. The number of hydrogen-bond donors (Lipinski definition) is 1. The molecule has 0 spiro atoms. The highest BCUT2D eigenvalue weighted by atomic mass is 19.1. The van der Waals surface area contributed by atoms with E-state index in [4.69, 9.17) is 9.47 Å². The maximum absolute atomic E-state index is 13.9. The van der Waals surface area contributed by atoms with Gasteiger partial charge in [-0.25, -0.2) is 9.18 Å². The Hall–Kier alpha value is -1.82. The monoisotopic (exact) mass is 338 g/mol. The lowest BCUT2D eigenvalue weighted by Gasteiger charge is -2.38. The summed E-state index contributed by atoms with van der Waals surface area (Å²) in [5.41, 5.74) is 0.319. The predicted molar refractivity (Wildman–Crippen MR) is 90.6 cm³/mol. The smallest absolute Gasteiger partial charge is 0.410 e. The van der Waals surface area contributed by atoms with Crippen LogP contribution in [0.5, 0.6) is 5.75 Å². The van der Waals surface area contributed by atoms with Gasteiger partial charge in [0.25, 0.3) is 0 Å². The summed E-state index contributed by atoms with van der Waals surface area (Å²) in [5.74, 6) is 0.563. The van der Waals surface area contributed by atoms with Crippen LogP contribution in [0.25, 0.3) is 0 Å². The highest BCUT2D eigenvalue weighted by molar-refractivity contribution is 5.68. The van der Waals surface area contributed by atoms with Crippen molar-refractivity contribution in [3.05, 3.63) is 29.6 Å². The largest absolute Gasteiger partial charge is 0.493 e. The molecule has 1 N–H and O–H groups in total. The molecule has 0 unspecified atom stereocenters. The molecule has 1 aromatic carbocycles. The van der Waals surface area contributed by atoms with Gasteiger partial charge in [-0.3, -0.25) is 0 Å². The predicted octanol–water partition coefficient (Wildman–Crippen LogP) is 3.18. The number of carbonyl (C=O) groups excluding carboxylic acids is 1. The van der Waals surface area contributed by atoms with Gasteiger partial charge in [-0.05, 0) is 38.0 Å². The second-order valence-corrected chi connectivity index (χ2v) is 6.78. The third kappa shape index (κ3) is 4.84. The molecule has 5 nitrogen and oxygen atoms in total. The van der Waals surface area contributed by atoms with Crippen molar-refractivity contribution in [1.29, 1.82) is 0 Å². The van der Waals surface area contributed by atoms with E-state index in [0.29, 0.717) is 23.8 Å². The van der Waals surface area contributed by atoms with E-state index in [9.17, 15) is 9.18 Å². The van der Waals surface area contributed by atoms with E-state index >= 15 is 0 Å². The lowest BCUT2D eigenvalue weighted by atomic mass is 10.1. The lowest BCUT2D eigenvalue weighted by molar-refractivity contribution is 0.0557. The normalized spacial score (nSPS) is 21.0. The Morgan fingerprint density at radius 2 is 2.00 bits per heavy atom. The lowest BCUT2D eigenvalue weighted by Crippen LogP contribution is -2.57. The Morgan fingerprint density at radius 1 is 1.33 bits per heavy atom. The Labute approximate surface area is 143 Å². The molecule has 134 valence electrons. The summed E-state index contributed by atoms with van der Waals surface area (Å²) in [5, 5.41) is 3.26. The third-order valence-corrected chi connectivity index (χ3v) is 3.99. The third-order valence-electron chi connectivity index (χ3n) is 3.99. The molecule has 0 saturated carbocycles. The maximum atomic E-state index is 13.9. The zero-order chi connectivity index (χ0) is 17.7. The molecular formula is C18H27FN2O3. The van der Waals surface area contributed by atoms with Gasteiger partial charge in [0.15, 0.2) is 0 Å². The number of halogens is 1. The van der Waals surface area contributed by atoms with Crippen molar-refractivity contribution in [3.63, 3.8) is 0 Å². The molecule has 1 amide bonds. The first-order valence-electron chi connectivity index (χ1n) is 8.45. The molecule has 0 bridgehead atoms. The van der Waals surface area contributed by atoms with Gasteiger partial charge in [0.2, 0.25) is 0 Å². The van der Waals surface area contributed by atoms with Gasteiger partial charge in [0.05, 0.1) is 6.61 Å². The molecule has 24 heavy (non-hydrogen) atoms. The zero-order valence-electron chi connectivity index (χ0n) is 14.8. The molecule has 1 saturated heterocycles. The molecule has 6 heteroatoms. The molecule has 0 aromatic heterocycles. The van der Waals surface area contributed by atoms with E-state index in [0.717, 1.165) is 13.1 Å². The number of nitrogens with zero attached hydrogens (tertiary/aromatic N) is 1. The van der Waals surface area contributed by atoms with E-state index < -0.39 is 11.9 Å². The van der Waals surface area contributed by atoms with Crippen LogP contribution in [0.2, 0.25) is 0 Å². The minimum absolute atomic E-state index is 0.0480. The maximum Gasteiger partial charge on any atom is 0.410 e. The summed E-state index contributed by atoms with van der Waals surface area (Å²) >= 11 is 0. The van der Waals surface area contributed by atoms with Crippen molar-refractivity contribution in [1.82, 2.24) is 10.2 Å². The van der Waals surface area contributed by atoms with E-state index in [-0.39, 0.29) is 18.7 Å². The Bertz CT molecular complexity index is 555. The number of ether oxygens (including phenoxy) is 2. The fraction of sp³-hybridized carbons (Fsp3) is 0.611. The highest BCUT2D eigenvalue weighted by Gasteiger charge is 2.30. The Kier molecular flexibility index (Phi) is 6.43. The van der Waals surface area contributed by atoms with Gasteiger partial charge in [0, 0.05) is 30.7 Å². The summed E-state index contributed by atoms with van der Waals surface area (Å²) in [7, 11) is 0. The molecule has 0 radical (unpaired) electrons. The van der Waals surface area contributed by atoms with Crippen LogP contribution >= 0.6 is 0 Å². The van der Waals surface area contributed by atoms with Crippen LogP contribution in [0.3, 0.4) is 0 Å². The number of carbonyl (C=O) groups is 1. The van der Waals surface area contributed by atoms with Gasteiger partial charge in [0.1, 0.15) is 18.2 Å². The summed E-state index contributed by atoms with van der Waals surface area (Å²) in [4.78, 5) is 14.0. The average Bonchev–Trinajstić information content (AvgIpc) is 2.52. The second kappa shape index (κ2) is 8.33. The fourth-order valence-corrected chi connectivity index (χ4v) is 2.72. The van der Waals surface area contributed by atoms with Crippen LogP contribution in [0.15, 0.2) is 18.2 Å². The van der Waals surface area contributed by atoms with Crippen LogP contribution in [0, 0.1) is 11.7 Å². The quantitative estimate of drug-likeness (QED) is 0.896. The number of amides is 1. The number of rotatable bonds is 5. The molecule has 0 aliphatic carbocycles. The summed E-state index contributed by atoms with van der Waals surface area (Å²) in [6, 6.07) is 4.62. The van der Waals surface area contributed by atoms with Gasteiger partial charge in [-0.15, -0.1) is 0 Å². The minimum atomic E-state index is -0.413. The van der Waals surface area contributed by atoms with Crippen molar-refractivity contribution in [2.75, 3.05) is 19.7 Å². The first-order chi connectivity index (χ1) is 11.4. The first-order valence-corrected chi connectivity index (χ1v) is 8.45. The number of hydrogen-bond acceptors (Lipinski definition) is 4. The molecule has 1 aliphatic rings. The topological polar surface area (TPSA) is 50.8 Å². The van der Waals surface area contributed by atoms with Crippen molar-refractivity contribution < 1.29 is 18.7 Å². The van der Waals surface area contributed by atoms with Crippen molar-refractivity contribution >= 4 is 6.09 Å². The van der Waals surface area contributed by atoms with Crippen molar-refractivity contribution in [2.24, 2.45) is 5.92 Å². The van der Waals surface area contributed by atoms with E-state index in [1.807, 2.05) is 27.7 Å². The minimum Gasteiger partial charge on any atom is -0.493 e. The van der Waals surface area contributed by atoms with Gasteiger partial charge in [-0.2, -0.15) is 0 Å². The first kappa shape index (κ1) is 18.5. The molecule has 1 aromatic rings. The molecule has 2 rings (SSSR count). The zero-order valence-corrected chi connectivity index (χ0v) is 14.8. The van der Waals surface area contributed by atoms with Crippen LogP contribution in [0.4, 0.5) is 9.18 Å². The van der Waals surface area contributed by atoms with Crippen LogP contribution in [0.1, 0.15) is 33.3 Å². The number of piperazine rings is 1. The fourth-order valence-electron chi connectivity index (χ4n) is 2.72. The van der Waals surface area contributed by atoms with Crippen LogP contribution < -0.4 is 10.1 Å². The Morgan fingerprint density at radius 3 is 2.62 bits per heavy atom. The summed E-state index contributed by atoms with van der Waals surface area (Å²) < 4.78 is 24.9. The Balaban J connectivity index is 1.97. The second-order valence-electron chi connectivity index (χ2n) is 6.78. The summed E-state index contributed by atoms with van der Waals surface area (Å²) in [6.07, 6.45) is -0.413. The van der Waals surface area contributed by atoms with E-state index in [1.54, 1.807) is 17.0 Å². The van der Waals surface area contributed by atoms with E-state index in [2.05, 4.69) is 5.32 Å². The van der Waals surface area contributed by atoms with Crippen molar-refractivity contribution in [3.8, 4) is 5.75 Å². The van der Waals surface area contributed by atoms with Gasteiger partial charge >= 0.3 is 6.09 Å². The van der Waals surface area contributed by atoms with Crippen LogP contribution in [-0.2, 0) is 11.3 Å². The number of benzene rings is 1. The average molecular weight is 338 g/mol. The number of nitrogens with one attached hydrogen (secondary N) is 1. The SMILES string of the molecule is CC(C)COc1ccc(F)c(COC(=O)N2[C@H](C)CNC[C@@H]2C)c1. The van der Waals surface area contributed by atoms with Crippen molar-refractivity contribution in [2.45, 2.75) is 46.4 Å². The molecule has 2 atom stereocenters. The van der Waals surface area contributed by atoms with Gasteiger partial charge in [-0.1, -0.05) is 13.8 Å². The molecule has 1 aliphatic heterocycles. The molecule has 1 heterocycles. The molecular weight excluding hydrogens is 311 g/mol. The van der Waals surface area contributed by atoms with Gasteiger partial charge < -0.3 is 19.7 Å². The van der Waals surface area contributed by atoms with Crippen LogP contribution in [-0.4, -0.2) is 42.8 Å². The standard InChI is InChI=1S/C18H27FN2O3/c1-12(2)10-23-16-5-6-17(19)15(7-16)11-24-18(22)21-13(3)8-20-9-14(21)4/h5-7,12-14,20H,8-11H2,1-4H3/t13-,14+. The van der Waals surface area contributed by atoms with E-state index in [1.165, 1.54) is 6.07 Å². The highest BCUT2D eigenvalue weighted by Crippen LogP contribution is 2.19. The summed E-state index contributed by atoms with van der Waals surface area (Å²) in [6.45, 7) is 9.92.